The molecule has 0 aromatic heterocycles. The molecular weight excluding hydrogens is 242 g/mol. The van der Waals surface area contributed by atoms with Gasteiger partial charge in [0.25, 0.3) is 11.8 Å². The molecule has 0 atom stereocenters. The topological polar surface area (TPSA) is 90.0 Å². The van der Waals surface area contributed by atoms with Gasteiger partial charge in [-0.2, -0.15) is 0 Å². The minimum absolute atomic E-state index is 0.0537. The van der Waals surface area contributed by atoms with Crippen molar-refractivity contribution < 1.29 is 28.8 Å². The number of aldehydes is 1. The maximum atomic E-state index is 11.3. The molecule has 1 fully saturated rings. The molecule has 0 aromatic carbocycles. The van der Waals surface area contributed by atoms with Crippen molar-refractivity contribution >= 4 is 24.1 Å². The summed E-state index contributed by atoms with van der Waals surface area (Å²) in [4.78, 5) is 48.2. The van der Waals surface area contributed by atoms with Crippen molar-refractivity contribution in [3.63, 3.8) is 0 Å². The van der Waals surface area contributed by atoms with Crippen molar-refractivity contribution in [3.05, 3.63) is 0 Å². The zero-order valence-corrected chi connectivity index (χ0v) is 9.92. The average Bonchev–Trinajstić information content (AvgIpc) is 2.65. The van der Waals surface area contributed by atoms with Crippen molar-refractivity contribution in [2.24, 2.45) is 0 Å². The van der Waals surface area contributed by atoms with E-state index in [9.17, 15) is 19.2 Å². The summed E-state index contributed by atoms with van der Waals surface area (Å²) in [6.07, 6.45) is 1.70. The summed E-state index contributed by atoms with van der Waals surface area (Å²) in [6.45, 7) is 0.645. The van der Waals surface area contributed by atoms with Gasteiger partial charge in [0.05, 0.1) is 13.0 Å². The van der Waals surface area contributed by atoms with E-state index in [2.05, 4.69) is 4.84 Å². The fourth-order valence-corrected chi connectivity index (χ4v) is 1.36. The fourth-order valence-electron chi connectivity index (χ4n) is 1.36. The highest BCUT2D eigenvalue weighted by molar-refractivity contribution is 6.01. The number of carbonyl (C=O) groups excluding carboxylic acids is 4. The Morgan fingerprint density at radius 3 is 2.50 bits per heavy atom. The van der Waals surface area contributed by atoms with E-state index in [1.165, 1.54) is 0 Å². The van der Waals surface area contributed by atoms with Crippen LogP contribution in [0.4, 0.5) is 0 Å². The van der Waals surface area contributed by atoms with Crippen LogP contribution in [0.3, 0.4) is 0 Å². The van der Waals surface area contributed by atoms with Crippen molar-refractivity contribution in [2.45, 2.75) is 32.1 Å². The van der Waals surface area contributed by atoms with Crippen LogP contribution < -0.4 is 0 Å². The van der Waals surface area contributed by atoms with E-state index in [-0.39, 0.29) is 19.3 Å². The molecule has 2 amide bonds. The Balaban J connectivity index is 2.12. The van der Waals surface area contributed by atoms with Crippen LogP contribution in [0.25, 0.3) is 0 Å². The van der Waals surface area contributed by atoms with Crippen LogP contribution in [0, 0.1) is 0 Å². The molecule has 1 heterocycles. The first-order chi connectivity index (χ1) is 8.65. The molecule has 0 radical (unpaired) electrons. The Labute approximate surface area is 104 Å². The molecule has 0 N–H and O–H groups in total. The number of ether oxygens (including phenoxy) is 1. The predicted octanol–water partition coefficient (Wildman–Crippen LogP) is -0.0206. The largest absolute Gasteiger partial charge is 0.381 e. The highest BCUT2D eigenvalue weighted by Crippen LogP contribution is 2.12. The summed E-state index contributed by atoms with van der Waals surface area (Å²) in [6, 6.07) is 0. The normalized spacial score (nSPS) is 15.0. The Morgan fingerprint density at radius 1 is 1.22 bits per heavy atom. The maximum Gasteiger partial charge on any atom is 0.333 e. The Kier molecular flexibility index (Phi) is 5.99. The van der Waals surface area contributed by atoms with Crippen molar-refractivity contribution in [1.82, 2.24) is 5.06 Å². The fraction of sp³-hybridized carbons (Fsp3) is 0.636. The van der Waals surface area contributed by atoms with Crippen LogP contribution in [0.5, 0.6) is 0 Å². The summed E-state index contributed by atoms with van der Waals surface area (Å²) in [5.74, 6) is -1.62. The first kappa shape index (κ1) is 14.3. The summed E-state index contributed by atoms with van der Waals surface area (Å²) in [5, 5.41) is 0.523. The second-order valence-electron chi connectivity index (χ2n) is 3.72. The standard InChI is InChI=1S/C11H15NO6/c13-6-2-8-17-7-1-3-11(16)18-12-9(14)4-5-10(12)15/h6H,1-5,7-8H2. The van der Waals surface area contributed by atoms with Crippen LogP contribution in [0.15, 0.2) is 0 Å². The van der Waals surface area contributed by atoms with E-state index in [1.54, 1.807) is 0 Å². The number of amides is 2. The number of hydroxylamine groups is 2. The number of carbonyl (C=O) groups is 4. The van der Waals surface area contributed by atoms with Gasteiger partial charge in [-0.05, 0) is 6.42 Å². The summed E-state index contributed by atoms with van der Waals surface area (Å²) in [7, 11) is 0. The molecule has 1 aliphatic rings. The Bertz CT molecular complexity index is 324. The number of nitrogens with zero attached hydrogens (tertiary/aromatic N) is 1. The van der Waals surface area contributed by atoms with Gasteiger partial charge in [-0.15, -0.1) is 5.06 Å². The number of imide groups is 1. The van der Waals surface area contributed by atoms with Gasteiger partial charge in [0.2, 0.25) is 0 Å². The van der Waals surface area contributed by atoms with E-state index in [0.717, 1.165) is 6.29 Å². The van der Waals surface area contributed by atoms with Crippen LogP contribution in [0.2, 0.25) is 0 Å². The van der Waals surface area contributed by atoms with E-state index in [0.29, 0.717) is 31.1 Å². The molecule has 0 aromatic rings. The van der Waals surface area contributed by atoms with Crippen molar-refractivity contribution in [3.8, 4) is 0 Å². The average molecular weight is 257 g/mol. The lowest BCUT2D eigenvalue weighted by atomic mass is 10.3. The molecule has 0 aliphatic carbocycles. The van der Waals surface area contributed by atoms with Crippen LogP contribution >= 0.6 is 0 Å². The highest BCUT2D eigenvalue weighted by Gasteiger charge is 2.32. The van der Waals surface area contributed by atoms with Crippen LogP contribution in [-0.4, -0.2) is 42.3 Å². The smallest absolute Gasteiger partial charge is 0.333 e. The first-order valence-electron chi connectivity index (χ1n) is 5.73. The second kappa shape index (κ2) is 7.54. The van der Waals surface area contributed by atoms with Crippen molar-refractivity contribution in [1.29, 1.82) is 0 Å². The Hall–Kier alpha value is -1.76. The molecule has 1 aliphatic heterocycles. The molecule has 7 heteroatoms. The lowest BCUT2D eigenvalue weighted by Crippen LogP contribution is -2.32. The molecular formula is C11H15NO6. The van der Waals surface area contributed by atoms with Gasteiger partial charge < -0.3 is 14.4 Å². The van der Waals surface area contributed by atoms with Gasteiger partial charge in [-0.3, -0.25) is 9.59 Å². The number of hydrogen-bond acceptors (Lipinski definition) is 6. The molecule has 1 rings (SSSR count). The third-order valence-electron chi connectivity index (χ3n) is 2.25. The molecule has 18 heavy (non-hydrogen) atoms. The third kappa shape index (κ3) is 4.62. The lowest BCUT2D eigenvalue weighted by Gasteiger charge is -2.12. The van der Waals surface area contributed by atoms with Crippen LogP contribution in [0.1, 0.15) is 32.1 Å². The first-order valence-corrected chi connectivity index (χ1v) is 5.73. The quantitative estimate of drug-likeness (QED) is 0.345. The van der Waals surface area contributed by atoms with E-state index in [1.807, 2.05) is 0 Å². The maximum absolute atomic E-state index is 11.3. The monoisotopic (exact) mass is 257 g/mol. The lowest BCUT2D eigenvalue weighted by molar-refractivity contribution is -0.197. The molecule has 100 valence electrons. The van der Waals surface area contributed by atoms with E-state index < -0.39 is 17.8 Å². The molecule has 0 spiro atoms. The van der Waals surface area contributed by atoms with Crippen molar-refractivity contribution in [2.75, 3.05) is 13.2 Å². The third-order valence-corrected chi connectivity index (χ3v) is 2.25. The van der Waals surface area contributed by atoms with Gasteiger partial charge in [0.15, 0.2) is 0 Å². The Morgan fingerprint density at radius 2 is 1.89 bits per heavy atom. The van der Waals surface area contributed by atoms with Crippen LogP contribution in [-0.2, 0) is 28.8 Å². The van der Waals surface area contributed by atoms with Gasteiger partial charge in [-0.1, -0.05) is 0 Å². The van der Waals surface area contributed by atoms with E-state index in [4.69, 9.17) is 4.74 Å². The molecule has 1 saturated heterocycles. The van der Waals surface area contributed by atoms with Gasteiger partial charge >= 0.3 is 5.97 Å². The summed E-state index contributed by atoms with van der Waals surface area (Å²) >= 11 is 0. The van der Waals surface area contributed by atoms with Gasteiger partial charge in [0, 0.05) is 25.9 Å². The number of rotatable bonds is 8. The molecule has 0 bridgehead atoms. The minimum Gasteiger partial charge on any atom is -0.381 e. The zero-order chi connectivity index (χ0) is 13.4. The minimum atomic E-state index is -0.641. The van der Waals surface area contributed by atoms with Gasteiger partial charge in [0.1, 0.15) is 6.29 Å². The summed E-state index contributed by atoms with van der Waals surface area (Å²) < 4.78 is 5.05. The zero-order valence-electron chi connectivity index (χ0n) is 9.92. The highest BCUT2D eigenvalue weighted by atomic mass is 16.7. The second-order valence-corrected chi connectivity index (χ2v) is 3.72. The predicted molar refractivity (Wildman–Crippen MR) is 57.9 cm³/mol. The van der Waals surface area contributed by atoms with E-state index >= 15 is 0 Å². The molecule has 0 unspecified atom stereocenters. The number of hydrogen-bond donors (Lipinski definition) is 0. The summed E-state index contributed by atoms with van der Waals surface area (Å²) in [5.41, 5.74) is 0. The SMILES string of the molecule is O=CCCOCCCC(=O)ON1C(=O)CCC1=O. The molecule has 0 saturated carbocycles. The molecule has 7 nitrogen and oxygen atoms in total. The van der Waals surface area contributed by atoms with Gasteiger partial charge in [-0.25, -0.2) is 4.79 Å².